The minimum atomic E-state index is -5.12. The van der Waals surface area contributed by atoms with Crippen molar-refractivity contribution in [1.29, 1.82) is 0 Å². The number of rotatable bonds is 5. The molecule has 0 radical (unpaired) electrons. The number of benzene rings is 2. The van der Waals surface area contributed by atoms with Crippen molar-refractivity contribution in [3.63, 3.8) is 0 Å². The molecule has 0 heterocycles. The molecule has 2 aromatic rings. The van der Waals surface area contributed by atoms with Crippen LogP contribution in [0.4, 0.5) is 8.78 Å². The summed E-state index contributed by atoms with van der Waals surface area (Å²) < 4.78 is 107. The third kappa shape index (κ3) is 4.19. The molecule has 0 fully saturated rings. The zero-order valence-corrected chi connectivity index (χ0v) is 14.4. The van der Waals surface area contributed by atoms with Crippen LogP contribution in [0.5, 0.6) is 0 Å². The zero-order chi connectivity index (χ0) is 19.0. The molecule has 136 valence electrons. The van der Waals surface area contributed by atoms with E-state index in [9.17, 15) is 34.0 Å². The first-order valence-corrected chi connectivity index (χ1v) is 10.6. The fourth-order valence-corrected chi connectivity index (χ4v) is 5.26. The van der Waals surface area contributed by atoms with Gasteiger partial charge in [-0.15, -0.1) is 4.13 Å². The van der Waals surface area contributed by atoms with Gasteiger partial charge in [0.15, 0.2) is 4.90 Å². The predicted octanol–water partition coefficient (Wildman–Crippen LogP) is 0.879. The third-order valence-corrected chi connectivity index (χ3v) is 7.28. The maximum absolute atomic E-state index is 13.6. The highest BCUT2D eigenvalue weighted by atomic mass is 32.3. The van der Waals surface area contributed by atoms with E-state index in [1.54, 1.807) is 0 Å². The summed E-state index contributed by atoms with van der Waals surface area (Å²) in [5, 5.41) is 0. The number of hydrogen-bond acceptors (Lipinski definition) is 6. The molecule has 0 aliphatic heterocycles. The van der Waals surface area contributed by atoms with E-state index in [0.29, 0.717) is 36.4 Å². The van der Waals surface area contributed by atoms with E-state index in [1.165, 1.54) is 0 Å². The van der Waals surface area contributed by atoms with Gasteiger partial charge in [0.25, 0.3) is 30.2 Å². The summed E-state index contributed by atoms with van der Waals surface area (Å²) in [5.74, 6) is -2.99. The molecule has 25 heavy (non-hydrogen) atoms. The van der Waals surface area contributed by atoms with Crippen LogP contribution >= 0.6 is 0 Å². The van der Waals surface area contributed by atoms with Crippen molar-refractivity contribution in [1.82, 2.24) is 4.13 Å². The molecule has 0 aliphatic rings. The SMILES string of the molecule is O=S(=O)(O)c1ccc(S(=O)(=O)NS(=O)(=O)c2c(F)cccc2F)cc1. The molecule has 0 aromatic heterocycles. The second-order valence-corrected chi connectivity index (χ2v) is 9.57. The van der Waals surface area contributed by atoms with E-state index in [4.69, 9.17) is 4.55 Å². The number of nitrogens with one attached hydrogen (secondary N) is 1. The standard InChI is InChI=1S/C12H9F2NO7S3/c13-10-2-1-3-11(14)12(10)24(18,19)15-23(16,17)8-4-6-9(7-5-8)25(20,21)22/h1-7,15H,(H,20,21,22). The van der Waals surface area contributed by atoms with Crippen LogP contribution in [0.2, 0.25) is 0 Å². The monoisotopic (exact) mass is 413 g/mol. The molecule has 0 saturated heterocycles. The van der Waals surface area contributed by atoms with Gasteiger partial charge in [0.2, 0.25) is 0 Å². The molecule has 0 amide bonds. The van der Waals surface area contributed by atoms with Gasteiger partial charge in [0.05, 0.1) is 9.79 Å². The quantitative estimate of drug-likeness (QED) is 0.695. The Bertz CT molecular complexity index is 1110. The lowest BCUT2D eigenvalue weighted by Crippen LogP contribution is -2.32. The smallest absolute Gasteiger partial charge is 0.282 e. The van der Waals surface area contributed by atoms with Crippen molar-refractivity contribution in [3.8, 4) is 0 Å². The highest BCUT2D eigenvalue weighted by Gasteiger charge is 2.30. The Morgan fingerprint density at radius 3 is 1.60 bits per heavy atom. The average molecular weight is 413 g/mol. The Labute approximate surface area is 142 Å². The van der Waals surface area contributed by atoms with Crippen molar-refractivity contribution in [3.05, 3.63) is 54.1 Å². The van der Waals surface area contributed by atoms with Crippen molar-refractivity contribution >= 4 is 30.2 Å². The van der Waals surface area contributed by atoms with Crippen molar-refractivity contribution in [2.24, 2.45) is 0 Å². The molecule has 2 aromatic carbocycles. The van der Waals surface area contributed by atoms with Crippen LogP contribution in [0.3, 0.4) is 0 Å². The molecule has 0 spiro atoms. The molecular weight excluding hydrogens is 404 g/mol. The normalized spacial score (nSPS) is 12.9. The van der Waals surface area contributed by atoms with Gasteiger partial charge < -0.3 is 0 Å². The Hall–Kier alpha value is -1.93. The summed E-state index contributed by atoms with van der Waals surface area (Å²) >= 11 is 0. The van der Waals surface area contributed by atoms with E-state index >= 15 is 0 Å². The third-order valence-electron chi connectivity index (χ3n) is 2.84. The van der Waals surface area contributed by atoms with E-state index in [2.05, 4.69) is 0 Å². The summed E-state index contributed by atoms with van der Waals surface area (Å²) in [6.07, 6.45) is 0. The summed E-state index contributed by atoms with van der Waals surface area (Å²) in [6.45, 7) is 0. The lowest BCUT2D eigenvalue weighted by atomic mass is 10.3. The van der Waals surface area contributed by atoms with Crippen LogP contribution in [0.15, 0.2) is 57.2 Å². The lowest BCUT2D eigenvalue weighted by molar-refractivity contribution is 0.483. The highest BCUT2D eigenvalue weighted by Crippen LogP contribution is 2.21. The summed E-state index contributed by atoms with van der Waals surface area (Å²) in [4.78, 5) is -2.82. The van der Waals surface area contributed by atoms with Gasteiger partial charge in [-0.1, -0.05) is 6.07 Å². The summed E-state index contributed by atoms with van der Waals surface area (Å²) in [5.41, 5.74) is 0. The van der Waals surface area contributed by atoms with Gasteiger partial charge in [0.1, 0.15) is 11.6 Å². The van der Waals surface area contributed by atoms with Crippen LogP contribution in [-0.4, -0.2) is 29.8 Å². The average Bonchev–Trinajstić information content (AvgIpc) is 2.45. The Kier molecular flexibility index (Phi) is 4.98. The van der Waals surface area contributed by atoms with Crippen LogP contribution in [0.25, 0.3) is 0 Å². The molecule has 8 nitrogen and oxygen atoms in total. The molecule has 0 saturated carbocycles. The molecule has 0 unspecified atom stereocenters. The van der Waals surface area contributed by atoms with Gasteiger partial charge in [-0.3, -0.25) is 4.55 Å². The summed E-state index contributed by atoms with van der Waals surface area (Å²) in [7, 11) is -14.5. The van der Waals surface area contributed by atoms with Gasteiger partial charge in [0, 0.05) is 0 Å². The number of hydrogen-bond donors (Lipinski definition) is 2. The first-order valence-electron chi connectivity index (χ1n) is 6.15. The van der Waals surface area contributed by atoms with Crippen molar-refractivity contribution in [2.45, 2.75) is 14.7 Å². The minimum Gasteiger partial charge on any atom is -0.282 e. The van der Waals surface area contributed by atoms with Crippen molar-refractivity contribution in [2.75, 3.05) is 0 Å². The molecule has 0 aliphatic carbocycles. The second kappa shape index (κ2) is 6.42. The molecule has 13 heteroatoms. The number of halogens is 2. The fourth-order valence-electron chi connectivity index (χ4n) is 1.76. The van der Waals surface area contributed by atoms with Gasteiger partial charge in [-0.25, -0.2) is 25.6 Å². The molecular formula is C12H9F2NO7S3. The Morgan fingerprint density at radius 2 is 1.16 bits per heavy atom. The Balaban J connectivity index is 2.45. The van der Waals surface area contributed by atoms with Crippen LogP contribution < -0.4 is 4.13 Å². The van der Waals surface area contributed by atoms with E-state index in [-0.39, 0.29) is 0 Å². The topological polar surface area (TPSA) is 135 Å². The second-order valence-electron chi connectivity index (χ2n) is 4.59. The summed E-state index contributed by atoms with van der Waals surface area (Å²) in [6, 6.07) is 4.96. The van der Waals surface area contributed by atoms with E-state index in [1.807, 2.05) is 0 Å². The van der Waals surface area contributed by atoms with Gasteiger partial charge >= 0.3 is 0 Å². The van der Waals surface area contributed by atoms with E-state index in [0.717, 1.165) is 10.2 Å². The fraction of sp³-hybridized carbons (Fsp3) is 0. The predicted molar refractivity (Wildman–Crippen MR) is 80.1 cm³/mol. The molecule has 2 rings (SSSR count). The van der Waals surface area contributed by atoms with Crippen LogP contribution in [0.1, 0.15) is 0 Å². The number of sulfonamides is 2. The van der Waals surface area contributed by atoms with Gasteiger partial charge in [-0.2, -0.15) is 8.42 Å². The minimum absolute atomic E-state index is 0.630. The first kappa shape index (κ1) is 19.4. The highest BCUT2D eigenvalue weighted by molar-refractivity contribution is 8.04. The van der Waals surface area contributed by atoms with Crippen LogP contribution in [-0.2, 0) is 30.2 Å². The van der Waals surface area contributed by atoms with E-state index < -0.39 is 56.5 Å². The Morgan fingerprint density at radius 1 is 0.720 bits per heavy atom. The lowest BCUT2D eigenvalue weighted by Gasteiger charge is -2.09. The molecule has 0 atom stereocenters. The van der Waals surface area contributed by atoms with Crippen molar-refractivity contribution < 1.29 is 38.6 Å². The maximum atomic E-state index is 13.6. The largest absolute Gasteiger partial charge is 0.294 e. The zero-order valence-electron chi connectivity index (χ0n) is 11.9. The van der Waals surface area contributed by atoms with Crippen LogP contribution in [0, 0.1) is 11.6 Å². The molecule has 2 N–H and O–H groups in total. The first-order chi connectivity index (χ1) is 11.3. The van der Waals surface area contributed by atoms with Gasteiger partial charge in [-0.05, 0) is 36.4 Å². The maximum Gasteiger partial charge on any atom is 0.294 e. The molecule has 0 bridgehead atoms.